The Morgan fingerprint density at radius 3 is 3.06 bits per heavy atom. The first-order chi connectivity index (χ1) is 7.61. The molecule has 0 bridgehead atoms. The number of nitrogen functional groups attached to an aromatic ring is 1. The highest BCUT2D eigenvalue weighted by Gasteiger charge is 2.27. The summed E-state index contributed by atoms with van der Waals surface area (Å²) in [6, 6.07) is 0. The first kappa shape index (κ1) is 13.9. The molecule has 8 heteroatoms. The van der Waals surface area contributed by atoms with Crippen LogP contribution in [0.2, 0.25) is 0 Å². The summed E-state index contributed by atoms with van der Waals surface area (Å²) in [5.41, 5.74) is 4.10. The van der Waals surface area contributed by atoms with E-state index in [9.17, 15) is 9.18 Å². The van der Waals surface area contributed by atoms with Crippen LogP contribution >= 0.6 is 11.8 Å². The highest BCUT2D eigenvalue weighted by Crippen LogP contribution is 2.30. The van der Waals surface area contributed by atoms with Gasteiger partial charge >= 0.3 is 5.69 Å². The molecule has 6 nitrogen and oxygen atoms in total. The molecule has 2 rings (SSSR count). The number of ether oxygens (including phenoxy) is 1. The van der Waals surface area contributed by atoms with Crippen molar-refractivity contribution in [3.8, 4) is 0 Å². The molecule has 1 fully saturated rings. The third-order valence-corrected chi connectivity index (χ3v) is 3.24. The van der Waals surface area contributed by atoms with Gasteiger partial charge in [-0.3, -0.25) is 4.57 Å². The van der Waals surface area contributed by atoms with Crippen LogP contribution in [0.15, 0.2) is 11.0 Å². The molecule has 1 aromatic rings. The lowest BCUT2D eigenvalue weighted by atomic mass is 10.5. The van der Waals surface area contributed by atoms with Gasteiger partial charge in [-0.1, -0.05) is 7.43 Å². The lowest BCUT2D eigenvalue weighted by molar-refractivity contribution is -0.00677. The van der Waals surface area contributed by atoms with Gasteiger partial charge in [0.25, 0.3) is 0 Å². The normalized spacial score (nSPS) is 23.4. The van der Waals surface area contributed by atoms with Crippen LogP contribution in [0.5, 0.6) is 0 Å². The molecule has 0 spiro atoms. The minimum Gasteiger partial charge on any atom is -0.393 e. The fraction of sp³-hybridized carbons (Fsp3) is 0.556. The van der Waals surface area contributed by atoms with Crippen molar-refractivity contribution < 1.29 is 14.2 Å². The number of nitrogens with zero attached hydrogens (tertiary/aromatic N) is 2. The maximum atomic E-state index is 13.1. The topological polar surface area (TPSA) is 90.4 Å². The van der Waals surface area contributed by atoms with Gasteiger partial charge in [0, 0.05) is 5.75 Å². The molecular weight excluding hydrogens is 249 g/mol. The van der Waals surface area contributed by atoms with Crippen LogP contribution in [0.3, 0.4) is 0 Å². The monoisotopic (exact) mass is 263 g/mol. The summed E-state index contributed by atoms with van der Waals surface area (Å²) < 4.78 is 19.5. The molecule has 96 valence electrons. The predicted molar refractivity (Wildman–Crippen MR) is 63.1 cm³/mol. The van der Waals surface area contributed by atoms with E-state index in [0.29, 0.717) is 5.75 Å². The van der Waals surface area contributed by atoms with Crippen molar-refractivity contribution in [3.63, 3.8) is 0 Å². The quantitative estimate of drug-likeness (QED) is 0.791. The van der Waals surface area contributed by atoms with E-state index in [0.717, 1.165) is 10.8 Å². The zero-order valence-corrected chi connectivity index (χ0v) is 8.98. The molecule has 0 radical (unpaired) electrons. The minimum atomic E-state index is -0.763. The van der Waals surface area contributed by atoms with Gasteiger partial charge in [0.05, 0.1) is 12.8 Å². The summed E-state index contributed by atoms with van der Waals surface area (Å²) in [7, 11) is 0. The van der Waals surface area contributed by atoms with Gasteiger partial charge in [0.2, 0.25) is 0 Å². The minimum absolute atomic E-state index is 0. The van der Waals surface area contributed by atoms with E-state index in [1.807, 2.05) is 0 Å². The van der Waals surface area contributed by atoms with E-state index in [2.05, 4.69) is 4.98 Å². The van der Waals surface area contributed by atoms with Gasteiger partial charge in [-0.15, -0.1) is 11.8 Å². The van der Waals surface area contributed by atoms with E-state index in [1.165, 1.54) is 11.8 Å². The predicted octanol–water partition coefficient (Wildman–Crippen LogP) is 0.181. The van der Waals surface area contributed by atoms with Crippen LogP contribution in [-0.4, -0.2) is 32.5 Å². The van der Waals surface area contributed by atoms with Gasteiger partial charge < -0.3 is 15.6 Å². The molecule has 0 aliphatic carbocycles. The highest BCUT2D eigenvalue weighted by molar-refractivity contribution is 8.00. The molecule has 1 aromatic heterocycles. The number of halogens is 1. The number of rotatable bonds is 2. The number of aliphatic hydroxyl groups is 1. The summed E-state index contributed by atoms with van der Waals surface area (Å²) in [4.78, 5) is 14.8. The molecule has 2 heterocycles. The van der Waals surface area contributed by atoms with Crippen LogP contribution in [-0.2, 0) is 4.74 Å². The third-order valence-electron chi connectivity index (χ3n) is 2.13. The van der Waals surface area contributed by atoms with Gasteiger partial charge in [0.1, 0.15) is 11.7 Å². The summed E-state index contributed by atoms with van der Waals surface area (Å²) >= 11 is 1.35. The van der Waals surface area contributed by atoms with Crippen LogP contribution in [0.1, 0.15) is 13.7 Å². The van der Waals surface area contributed by atoms with Crippen LogP contribution in [0, 0.1) is 5.82 Å². The summed E-state index contributed by atoms with van der Waals surface area (Å²) in [5.74, 6) is -0.734. The largest absolute Gasteiger partial charge is 0.393 e. The Morgan fingerprint density at radius 2 is 2.47 bits per heavy atom. The van der Waals surface area contributed by atoms with Gasteiger partial charge in [0.15, 0.2) is 11.6 Å². The van der Waals surface area contributed by atoms with Crippen molar-refractivity contribution in [1.82, 2.24) is 9.55 Å². The zero-order chi connectivity index (χ0) is 11.7. The maximum Gasteiger partial charge on any atom is 0.351 e. The SMILES string of the molecule is C.Nc1nc(=O)n(C2CS[C@H](CO)O2)cc1F. The Labute approximate surface area is 102 Å². The molecule has 1 aliphatic heterocycles. The third kappa shape index (κ3) is 2.76. The number of hydrogen-bond acceptors (Lipinski definition) is 6. The van der Waals surface area contributed by atoms with E-state index in [4.69, 9.17) is 15.6 Å². The molecular formula is C9H14FN3O3S. The Morgan fingerprint density at radius 1 is 1.76 bits per heavy atom. The zero-order valence-electron chi connectivity index (χ0n) is 8.17. The lowest BCUT2D eigenvalue weighted by Crippen LogP contribution is -2.29. The number of aromatic nitrogens is 2. The second-order valence-electron chi connectivity index (χ2n) is 3.20. The van der Waals surface area contributed by atoms with Crippen molar-refractivity contribution in [1.29, 1.82) is 0 Å². The van der Waals surface area contributed by atoms with Gasteiger partial charge in [-0.2, -0.15) is 4.98 Å². The lowest BCUT2D eigenvalue weighted by Gasteiger charge is -2.13. The number of anilines is 1. The summed E-state index contributed by atoms with van der Waals surface area (Å²) in [6.45, 7) is -0.152. The number of thioether (sulfide) groups is 1. The molecule has 1 saturated heterocycles. The van der Waals surface area contributed by atoms with E-state index < -0.39 is 29.0 Å². The van der Waals surface area contributed by atoms with Crippen molar-refractivity contribution in [2.45, 2.75) is 19.1 Å². The van der Waals surface area contributed by atoms with E-state index >= 15 is 0 Å². The number of aliphatic hydroxyl groups excluding tert-OH is 1. The van der Waals surface area contributed by atoms with Crippen LogP contribution < -0.4 is 11.4 Å². The standard InChI is InChI=1S/C8H10FN3O3S.CH4/c9-4-1-12(8(14)11-7(4)10)5-3-16-6(2-13)15-5;/h1,5-6,13H,2-3H2,(H2,10,11,14);1H4/t5?,6-;/m1./s1. The van der Waals surface area contributed by atoms with Crippen molar-refractivity contribution >= 4 is 17.6 Å². The molecule has 0 aromatic carbocycles. The van der Waals surface area contributed by atoms with Gasteiger partial charge in [-0.25, -0.2) is 9.18 Å². The second kappa shape index (κ2) is 5.48. The molecule has 2 atom stereocenters. The van der Waals surface area contributed by atoms with E-state index in [-0.39, 0.29) is 14.0 Å². The van der Waals surface area contributed by atoms with Crippen molar-refractivity contribution in [3.05, 3.63) is 22.5 Å². The molecule has 1 unspecified atom stereocenters. The van der Waals surface area contributed by atoms with Crippen LogP contribution in [0.4, 0.5) is 10.2 Å². The number of hydrogen-bond donors (Lipinski definition) is 2. The van der Waals surface area contributed by atoms with E-state index in [1.54, 1.807) is 0 Å². The van der Waals surface area contributed by atoms with Crippen LogP contribution in [0.25, 0.3) is 0 Å². The highest BCUT2D eigenvalue weighted by atomic mass is 32.2. The molecule has 0 amide bonds. The Kier molecular flexibility index (Phi) is 4.49. The Hall–Kier alpha value is -1.12. The van der Waals surface area contributed by atoms with Crippen molar-refractivity contribution in [2.24, 2.45) is 0 Å². The number of nitrogens with two attached hydrogens (primary N) is 1. The first-order valence-corrected chi connectivity index (χ1v) is 5.58. The fourth-order valence-corrected chi connectivity index (χ4v) is 2.28. The molecule has 1 aliphatic rings. The maximum absolute atomic E-state index is 13.1. The second-order valence-corrected chi connectivity index (χ2v) is 4.39. The average Bonchev–Trinajstić information content (AvgIpc) is 2.71. The Bertz CT molecular complexity index is 454. The summed E-state index contributed by atoms with van der Waals surface area (Å²) in [5, 5.41) is 8.86. The Balaban J connectivity index is 0.00000144. The first-order valence-electron chi connectivity index (χ1n) is 4.54. The fourth-order valence-electron chi connectivity index (χ4n) is 1.35. The molecule has 17 heavy (non-hydrogen) atoms. The smallest absolute Gasteiger partial charge is 0.351 e. The summed E-state index contributed by atoms with van der Waals surface area (Å²) in [6.07, 6.45) is 0.354. The molecule has 3 N–H and O–H groups in total. The molecule has 0 saturated carbocycles. The average molecular weight is 263 g/mol. The van der Waals surface area contributed by atoms with Gasteiger partial charge in [-0.05, 0) is 0 Å². The van der Waals surface area contributed by atoms with Crippen molar-refractivity contribution in [2.75, 3.05) is 18.1 Å².